The van der Waals surface area contributed by atoms with Crippen molar-refractivity contribution in [1.29, 1.82) is 0 Å². The molecule has 0 saturated carbocycles. The largest absolute Gasteiger partial charge is 0.493 e. The number of urea groups is 1. The Hall–Kier alpha value is -3.75. The van der Waals surface area contributed by atoms with E-state index in [2.05, 4.69) is 15.4 Å². The molecule has 3 amide bonds. The van der Waals surface area contributed by atoms with Crippen LogP contribution in [0.4, 0.5) is 4.79 Å². The summed E-state index contributed by atoms with van der Waals surface area (Å²) >= 11 is 0. The summed E-state index contributed by atoms with van der Waals surface area (Å²) in [7, 11) is 1.43. The van der Waals surface area contributed by atoms with E-state index in [0.29, 0.717) is 16.9 Å². The number of nitrogens with one attached hydrogen (secondary N) is 1. The van der Waals surface area contributed by atoms with Crippen molar-refractivity contribution < 1.29 is 23.9 Å². The van der Waals surface area contributed by atoms with Gasteiger partial charge in [-0.25, -0.2) is 14.6 Å². The SMILES string of the molecule is COc1cc(/C=N\N2CC(=O)NC2=O)ccc1OC(=O)c1cccnc1. The Balaban J connectivity index is 1.74. The van der Waals surface area contributed by atoms with Crippen LogP contribution in [-0.2, 0) is 4.79 Å². The van der Waals surface area contributed by atoms with E-state index in [4.69, 9.17) is 9.47 Å². The molecule has 1 saturated heterocycles. The third kappa shape index (κ3) is 3.83. The zero-order chi connectivity index (χ0) is 18.5. The fraction of sp³-hybridized carbons (Fsp3) is 0.118. The summed E-state index contributed by atoms with van der Waals surface area (Å²) in [6.07, 6.45) is 4.35. The van der Waals surface area contributed by atoms with E-state index in [9.17, 15) is 14.4 Å². The van der Waals surface area contributed by atoms with E-state index in [1.54, 1.807) is 36.5 Å². The van der Waals surface area contributed by atoms with Crippen LogP contribution in [-0.4, -0.2) is 47.8 Å². The molecule has 9 nitrogen and oxygen atoms in total. The highest BCUT2D eigenvalue weighted by molar-refractivity contribution is 6.02. The van der Waals surface area contributed by atoms with E-state index in [1.165, 1.54) is 19.5 Å². The minimum atomic E-state index is -0.583. The Bertz CT molecular complexity index is 882. The summed E-state index contributed by atoms with van der Waals surface area (Å²) < 4.78 is 10.6. The number of rotatable bonds is 5. The Morgan fingerprint density at radius 3 is 2.81 bits per heavy atom. The van der Waals surface area contributed by atoms with Gasteiger partial charge in [0.15, 0.2) is 11.5 Å². The maximum absolute atomic E-state index is 12.1. The number of carbonyl (C=O) groups excluding carboxylic acids is 3. The van der Waals surface area contributed by atoms with Crippen LogP contribution in [0.1, 0.15) is 15.9 Å². The van der Waals surface area contributed by atoms with Crippen molar-refractivity contribution in [3.63, 3.8) is 0 Å². The van der Waals surface area contributed by atoms with Gasteiger partial charge in [0.2, 0.25) is 5.91 Å². The van der Waals surface area contributed by atoms with Gasteiger partial charge in [0.25, 0.3) is 0 Å². The van der Waals surface area contributed by atoms with Gasteiger partial charge in [-0.2, -0.15) is 5.10 Å². The molecule has 2 aromatic rings. The fourth-order valence-corrected chi connectivity index (χ4v) is 2.15. The summed E-state index contributed by atoms with van der Waals surface area (Å²) in [6, 6.07) is 7.40. The van der Waals surface area contributed by atoms with Crippen molar-refractivity contribution >= 4 is 24.1 Å². The van der Waals surface area contributed by atoms with Crippen LogP contribution < -0.4 is 14.8 Å². The first-order valence-corrected chi connectivity index (χ1v) is 7.52. The Labute approximate surface area is 148 Å². The number of ether oxygens (including phenoxy) is 2. The molecule has 9 heteroatoms. The van der Waals surface area contributed by atoms with E-state index >= 15 is 0 Å². The van der Waals surface area contributed by atoms with Gasteiger partial charge in [-0.15, -0.1) is 0 Å². The molecule has 0 spiro atoms. The number of nitrogens with zero attached hydrogens (tertiary/aromatic N) is 3. The maximum atomic E-state index is 12.1. The number of methoxy groups -OCH3 is 1. The van der Waals surface area contributed by atoms with E-state index in [1.807, 2.05) is 0 Å². The smallest absolute Gasteiger partial charge is 0.345 e. The molecule has 0 aliphatic carbocycles. The van der Waals surface area contributed by atoms with Crippen LogP contribution in [0.2, 0.25) is 0 Å². The van der Waals surface area contributed by atoms with Crippen LogP contribution in [0, 0.1) is 0 Å². The zero-order valence-corrected chi connectivity index (χ0v) is 13.7. The first kappa shape index (κ1) is 17.1. The molecule has 0 unspecified atom stereocenters. The van der Waals surface area contributed by atoms with Gasteiger partial charge in [0, 0.05) is 12.4 Å². The van der Waals surface area contributed by atoms with Crippen LogP contribution >= 0.6 is 0 Å². The molecule has 1 aromatic heterocycles. The number of imide groups is 1. The van der Waals surface area contributed by atoms with Gasteiger partial charge in [0.1, 0.15) is 6.54 Å². The summed E-state index contributed by atoms with van der Waals surface area (Å²) in [5.74, 6) is -0.437. The minimum absolute atomic E-state index is 0.132. The topological polar surface area (TPSA) is 110 Å². The molecule has 1 aliphatic rings. The number of benzene rings is 1. The molecule has 1 aromatic carbocycles. The monoisotopic (exact) mass is 354 g/mol. The molecule has 26 heavy (non-hydrogen) atoms. The van der Waals surface area contributed by atoms with Gasteiger partial charge in [0.05, 0.1) is 18.9 Å². The Morgan fingerprint density at radius 2 is 2.15 bits per heavy atom. The average Bonchev–Trinajstić information content (AvgIpc) is 2.98. The van der Waals surface area contributed by atoms with Crippen molar-refractivity contribution in [1.82, 2.24) is 15.3 Å². The summed E-state index contributed by atoms with van der Waals surface area (Å²) in [4.78, 5) is 38.5. The average molecular weight is 354 g/mol. The molecular weight excluding hydrogens is 340 g/mol. The first-order chi connectivity index (χ1) is 12.6. The number of carbonyl (C=O) groups is 3. The molecular formula is C17H14N4O5. The van der Waals surface area contributed by atoms with Gasteiger partial charge >= 0.3 is 12.0 Å². The predicted molar refractivity (Wildman–Crippen MR) is 90.0 cm³/mol. The summed E-state index contributed by atoms with van der Waals surface area (Å²) in [5, 5.41) is 7.07. The van der Waals surface area contributed by atoms with Crippen LogP contribution in [0.5, 0.6) is 11.5 Å². The number of esters is 1. The number of hydrogen-bond donors (Lipinski definition) is 1. The third-order valence-corrected chi connectivity index (χ3v) is 3.41. The number of aromatic nitrogens is 1. The lowest BCUT2D eigenvalue weighted by Gasteiger charge is -2.10. The number of pyridine rings is 1. The van der Waals surface area contributed by atoms with Gasteiger partial charge in [-0.3, -0.25) is 15.1 Å². The molecule has 1 fully saturated rings. The van der Waals surface area contributed by atoms with E-state index in [0.717, 1.165) is 5.01 Å². The minimum Gasteiger partial charge on any atom is -0.493 e. The molecule has 1 aliphatic heterocycles. The Morgan fingerprint density at radius 1 is 1.31 bits per heavy atom. The van der Waals surface area contributed by atoms with E-state index in [-0.39, 0.29) is 12.3 Å². The third-order valence-electron chi connectivity index (χ3n) is 3.41. The van der Waals surface area contributed by atoms with Crippen molar-refractivity contribution in [3.05, 3.63) is 53.9 Å². The lowest BCUT2D eigenvalue weighted by Crippen LogP contribution is -2.24. The van der Waals surface area contributed by atoms with Crippen molar-refractivity contribution in [2.45, 2.75) is 0 Å². The first-order valence-electron chi connectivity index (χ1n) is 7.52. The second-order valence-corrected chi connectivity index (χ2v) is 5.20. The van der Waals surface area contributed by atoms with Gasteiger partial charge in [-0.1, -0.05) is 0 Å². The molecule has 132 valence electrons. The fourth-order valence-electron chi connectivity index (χ4n) is 2.15. The van der Waals surface area contributed by atoms with Gasteiger partial charge < -0.3 is 9.47 Å². The van der Waals surface area contributed by atoms with Gasteiger partial charge in [-0.05, 0) is 35.9 Å². The molecule has 0 radical (unpaired) electrons. The maximum Gasteiger partial charge on any atom is 0.345 e. The molecule has 0 bridgehead atoms. The molecule has 2 heterocycles. The van der Waals surface area contributed by atoms with E-state index < -0.39 is 17.9 Å². The molecule has 3 rings (SSSR count). The second-order valence-electron chi connectivity index (χ2n) is 5.20. The van der Waals surface area contributed by atoms with Crippen molar-refractivity contribution in [3.8, 4) is 11.5 Å². The highest BCUT2D eigenvalue weighted by atomic mass is 16.6. The van der Waals surface area contributed by atoms with Crippen LogP contribution in [0.3, 0.4) is 0 Å². The zero-order valence-electron chi connectivity index (χ0n) is 13.7. The molecule has 0 atom stereocenters. The number of amides is 3. The number of hydrogen-bond acceptors (Lipinski definition) is 7. The predicted octanol–water partition coefficient (Wildman–Crippen LogP) is 1.20. The lowest BCUT2D eigenvalue weighted by atomic mass is 10.2. The Kier molecular flexibility index (Phi) is 4.88. The van der Waals surface area contributed by atoms with Crippen LogP contribution in [0.15, 0.2) is 47.8 Å². The second kappa shape index (κ2) is 7.43. The molecule has 1 N–H and O–H groups in total. The standard InChI is InChI=1S/C17H14N4O5/c1-25-14-7-11(8-19-21-10-15(22)20-17(21)24)4-5-13(14)26-16(23)12-3-2-6-18-9-12/h2-9H,10H2,1H3,(H,20,22,24)/b19-8-. The normalized spacial score (nSPS) is 13.8. The number of hydrazone groups is 1. The highest BCUT2D eigenvalue weighted by Gasteiger charge is 2.25. The van der Waals surface area contributed by atoms with Crippen molar-refractivity contribution in [2.24, 2.45) is 5.10 Å². The summed E-state index contributed by atoms with van der Waals surface area (Å²) in [6.45, 7) is -0.132. The lowest BCUT2D eigenvalue weighted by molar-refractivity contribution is -0.118. The quantitative estimate of drug-likeness (QED) is 0.374. The van der Waals surface area contributed by atoms with Crippen molar-refractivity contribution in [2.75, 3.05) is 13.7 Å². The summed E-state index contributed by atoms with van der Waals surface area (Å²) in [5.41, 5.74) is 0.903. The highest BCUT2D eigenvalue weighted by Crippen LogP contribution is 2.28. The van der Waals surface area contributed by atoms with Crippen LogP contribution in [0.25, 0.3) is 0 Å².